The van der Waals surface area contributed by atoms with Crippen LogP contribution >= 0.6 is 11.8 Å². The van der Waals surface area contributed by atoms with E-state index >= 15 is 0 Å². The van der Waals surface area contributed by atoms with E-state index in [1.165, 1.54) is 11.8 Å². The largest absolute Gasteiger partial charge is 0.323 e. The highest BCUT2D eigenvalue weighted by Gasteiger charge is 2.08. The molecule has 20 heavy (non-hydrogen) atoms. The van der Waals surface area contributed by atoms with Gasteiger partial charge in [0.1, 0.15) is 0 Å². The van der Waals surface area contributed by atoms with Gasteiger partial charge in [-0.1, -0.05) is 13.0 Å². The van der Waals surface area contributed by atoms with E-state index in [-0.39, 0.29) is 6.04 Å². The van der Waals surface area contributed by atoms with Gasteiger partial charge in [0, 0.05) is 23.3 Å². The third-order valence-electron chi connectivity index (χ3n) is 3.07. The Hall–Kier alpha value is -1.92. The zero-order valence-corrected chi connectivity index (χ0v) is 11.9. The van der Waals surface area contributed by atoms with E-state index in [4.69, 9.17) is 5.73 Å². The highest BCUT2D eigenvalue weighted by Crippen LogP contribution is 2.26. The molecule has 0 amide bonds. The van der Waals surface area contributed by atoms with Crippen molar-refractivity contribution in [3.8, 4) is 0 Å². The molecule has 0 saturated carbocycles. The van der Waals surface area contributed by atoms with Crippen molar-refractivity contribution in [3.05, 3.63) is 48.4 Å². The first-order chi connectivity index (χ1) is 9.78. The van der Waals surface area contributed by atoms with Gasteiger partial charge in [0.05, 0.1) is 5.69 Å². The van der Waals surface area contributed by atoms with Gasteiger partial charge in [-0.2, -0.15) is 0 Å². The van der Waals surface area contributed by atoms with Crippen LogP contribution in [0.1, 0.15) is 25.1 Å². The van der Waals surface area contributed by atoms with Gasteiger partial charge in [-0.05, 0) is 42.4 Å². The summed E-state index contributed by atoms with van der Waals surface area (Å²) in [5.41, 5.74) is 7.72. The van der Waals surface area contributed by atoms with Crippen molar-refractivity contribution in [3.63, 3.8) is 0 Å². The molecule has 0 bridgehead atoms. The number of hydrogen-bond acceptors (Lipinski definition) is 5. The smallest absolute Gasteiger partial charge is 0.200 e. The molecule has 0 aromatic carbocycles. The average molecular weight is 285 g/mol. The van der Waals surface area contributed by atoms with Crippen LogP contribution in [-0.2, 0) is 0 Å². The topological polar surface area (TPSA) is 69.1 Å². The van der Waals surface area contributed by atoms with Gasteiger partial charge in [-0.3, -0.25) is 9.38 Å². The molecule has 3 rings (SSSR count). The van der Waals surface area contributed by atoms with Gasteiger partial charge in [0.15, 0.2) is 10.8 Å². The molecule has 0 aliphatic heterocycles. The van der Waals surface area contributed by atoms with Crippen LogP contribution in [0.5, 0.6) is 0 Å². The Morgan fingerprint density at radius 2 is 2.15 bits per heavy atom. The Bertz CT molecular complexity index is 707. The van der Waals surface area contributed by atoms with Gasteiger partial charge >= 0.3 is 0 Å². The molecule has 1 atom stereocenters. The van der Waals surface area contributed by atoms with Crippen molar-refractivity contribution >= 4 is 17.4 Å². The molecule has 5 nitrogen and oxygen atoms in total. The number of nitrogens with zero attached hydrogens (tertiary/aromatic N) is 4. The van der Waals surface area contributed by atoms with E-state index in [1.807, 2.05) is 47.1 Å². The molecule has 3 heterocycles. The molecule has 0 spiro atoms. The van der Waals surface area contributed by atoms with Crippen molar-refractivity contribution in [2.45, 2.75) is 29.4 Å². The maximum Gasteiger partial charge on any atom is 0.200 e. The quantitative estimate of drug-likeness (QED) is 0.798. The highest BCUT2D eigenvalue weighted by atomic mass is 32.2. The lowest BCUT2D eigenvalue weighted by Gasteiger charge is -2.08. The Kier molecular flexibility index (Phi) is 3.66. The molecule has 0 fully saturated rings. The molecule has 3 aromatic rings. The van der Waals surface area contributed by atoms with E-state index < -0.39 is 0 Å². The van der Waals surface area contributed by atoms with Gasteiger partial charge in [-0.25, -0.2) is 0 Å². The second-order valence-electron chi connectivity index (χ2n) is 4.45. The lowest BCUT2D eigenvalue weighted by Crippen LogP contribution is -2.10. The number of aromatic nitrogens is 4. The lowest BCUT2D eigenvalue weighted by atomic mass is 10.1. The molecule has 102 valence electrons. The average Bonchev–Trinajstić information content (AvgIpc) is 2.91. The van der Waals surface area contributed by atoms with E-state index in [0.717, 1.165) is 27.8 Å². The summed E-state index contributed by atoms with van der Waals surface area (Å²) in [6, 6.07) is 9.83. The maximum absolute atomic E-state index is 5.96. The summed E-state index contributed by atoms with van der Waals surface area (Å²) in [4.78, 5) is 5.43. The van der Waals surface area contributed by atoms with E-state index in [0.29, 0.717) is 0 Å². The van der Waals surface area contributed by atoms with Crippen molar-refractivity contribution in [1.82, 2.24) is 19.6 Å². The third-order valence-corrected chi connectivity index (χ3v) is 4.01. The maximum atomic E-state index is 5.96. The fraction of sp³-hybridized carbons (Fsp3) is 0.214. The number of hydrogen-bond donors (Lipinski definition) is 1. The van der Waals surface area contributed by atoms with Gasteiger partial charge in [-0.15, -0.1) is 10.2 Å². The van der Waals surface area contributed by atoms with Crippen LogP contribution in [0.15, 0.2) is 52.8 Å². The molecule has 2 N–H and O–H groups in total. The van der Waals surface area contributed by atoms with Crippen molar-refractivity contribution in [1.29, 1.82) is 0 Å². The second-order valence-corrected chi connectivity index (χ2v) is 5.49. The lowest BCUT2D eigenvalue weighted by molar-refractivity contribution is 0.674. The molecular weight excluding hydrogens is 270 g/mol. The van der Waals surface area contributed by atoms with Crippen molar-refractivity contribution in [2.75, 3.05) is 0 Å². The third kappa shape index (κ3) is 2.52. The molecule has 0 aliphatic carbocycles. The van der Waals surface area contributed by atoms with Crippen molar-refractivity contribution in [2.24, 2.45) is 5.73 Å². The van der Waals surface area contributed by atoms with E-state index in [1.54, 1.807) is 0 Å². The Morgan fingerprint density at radius 1 is 1.25 bits per heavy atom. The highest BCUT2D eigenvalue weighted by molar-refractivity contribution is 7.99. The summed E-state index contributed by atoms with van der Waals surface area (Å²) in [5, 5.41) is 9.14. The number of nitrogens with two attached hydrogens (primary N) is 1. The second kappa shape index (κ2) is 5.60. The molecule has 0 aliphatic rings. The van der Waals surface area contributed by atoms with Crippen LogP contribution in [0.25, 0.3) is 5.65 Å². The van der Waals surface area contributed by atoms with Crippen LogP contribution in [0.2, 0.25) is 0 Å². The molecule has 0 saturated heterocycles. The molecule has 3 aromatic heterocycles. The minimum absolute atomic E-state index is 0.00275. The normalized spacial score (nSPS) is 12.7. The Balaban J connectivity index is 1.84. The van der Waals surface area contributed by atoms with Crippen LogP contribution in [0, 0.1) is 0 Å². The van der Waals surface area contributed by atoms with Gasteiger partial charge < -0.3 is 5.73 Å². The monoisotopic (exact) mass is 285 g/mol. The van der Waals surface area contributed by atoms with Crippen LogP contribution < -0.4 is 5.73 Å². The zero-order valence-electron chi connectivity index (χ0n) is 11.1. The Morgan fingerprint density at radius 3 is 2.90 bits per heavy atom. The van der Waals surface area contributed by atoms with Crippen molar-refractivity contribution < 1.29 is 0 Å². The van der Waals surface area contributed by atoms with Crippen LogP contribution in [0.4, 0.5) is 0 Å². The molecule has 6 heteroatoms. The summed E-state index contributed by atoms with van der Waals surface area (Å²) >= 11 is 1.54. The molecule has 0 radical (unpaired) electrons. The van der Waals surface area contributed by atoms with Crippen LogP contribution in [0.3, 0.4) is 0 Å². The minimum Gasteiger partial charge on any atom is -0.323 e. The predicted molar refractivity (Wildman–Crippen MR) is 78.6 cm³/mol. The SMILES string of the molecule is CC[C@@H](N)c1ccc(Sc2nnc3ccccn23)cn1. The summed E-state index contributed by atoms with van der Waals surface area (Å²) in [6.07, 6.45) is 4.67. The van der Waals surface area contributed by atoms with Gasteiger partial charge in [0.2, 0.25) is 0 Å². The first-order valence-corrected chi connectivity index (χ1v) is 7.28. The van der Waals surface area contributed by atoms with Gasteiger partial charge in [0.25, 0.3) is 0 Å². The minimum atomic E-state index is 0.00275. The first-order valence-electron chi connectivity index (χ1n) is 6.47. The molecular formula is C14H15N5S. The summed E-state index contributed by atoms with van der Waals surface area (Å²) in [5.74, 6) is 0. The standard InChI is InChI=1S/C14H15N5S/c1-2-11(15)12-7-6-10(9-16-12)20-14-18-17-13-5-3-4-8-19(13)14/h3-9,11H,2,15H2,1H3/t11-/m1/s1. The van der Waals surface area contributed by atoms with E-state index in [2.05, 4.69) is 22.1 Å². The predicted octanol–water partition coefficient (Wildman–Crippen LogP) is 2.69. The number of fused-ring (bicyclic) bond motifs is 1. The zero-order chi connectivity index (χ0) is 13.9. The first kappa shape index (κ1) is 13.1. The van der Waals surface area contributed by atoms with Crippen LogP contribution in [-0.4, -0.2) is 19.6 Å². The summed E-state index contributed by atoms with van der Waals surface area (Å²) in [6.45, 7) is 2.05. The summed E-state index contributed by atoms with van der Waals surface area (Å²) in [7, 11) is 0. The summed E-state index contributed by atoms with van der Waals surface area (Å²) < 4.78 is 1.95. The number of rotatable bonds is 4. The van der Waals surface area contributed by atoms with E-state index in [9.17, 15) is 0 Å². The fourth-order valence-electron chi connectivity index (χ4n) is 1.88. The Labute approximate surface area is 121 Å². The fourth-order valence-corrected chi connectivity index (χ4v) is 2.66. The number of pyridine rings is 2. The molecule has 0 unspecified atom stereocenters.